The molecule has 2 aromatic carbocycles. The number of carbonyl (C=O) groups excluding carboxylic acids is 1. The molecule has 0 unspecified atom stereocenters. The minimum atomic E-state index is -3.91. The third-order valence-corrected chi connectivity index (χ3v) is 8.17. The second-order valence-corrected chi connectivity index (χ2v) is 11.0. The van der Waals surface area contributed by atoms with Crippen LogP contribution in [0.3, 0.4) is 0 Å². The quantitative estimate of drug-likeness (QED) is 0.768. The number of rotatable bonds is 5. The predicted octanol–water partition coefficient (Wildman–Crippen LogP) is 2.51. The first-order valence-electron chi connectivity index (χ1n) is 8.72. The van der Waals surface area contributed by atoms with Gasteiger partial charge >= 0.3 is 0 Å². The first kappa shape index (κ1) is 21.1. The Bertz CT molecular complexity index is 1170. The molecule has 2 aromatic rings. The zero-order chi connectivity index (χ0) is 21.6. The van der Waals surface area contributed by atoms with Crippen LogP contribution < -0.4 is 13.8 Å². The van der Waals surface area contributed by atoms with Crippen molar-refractivity contribution in [3.63, 3.8) is 0 Å². The van der Waals surface area contributed by atoms with Crippen molar-refractivity contribution in [3.05, 3.63) is 48.0 Å². The standard InChI is InChI=1S/C19H22N2O6S2/c1-13-11-15(21-18(22)19(2,3)12-28(21,23)24)7-10-17(13)29(25,26)20-14-5-8-16(27-4)9-6-14/h5-11,20H,12H2,1-4H3. The molecule has 10 heteroatoms. The summed E-state index contributed by atoms with van der Waals surface area (Å²) in [4.78, 5) is 12.5. The minimum absolute atomic E-state index is 0.0135. The molecule has 0 atom stereocenters. The number of hydrogen-bond acceptors (Lipinski definition) is 6. The van der Waals surface area contributed by atoms with Crippen molar-refractivity contribution >= 4 is 37.3 Å². The van der Waals surface area contributed by atoms with Crippen LogP contribution in [-0.4, -0.2) is 35.6 Å². The maximum absolute atomic E-state index is 12.8. The number of anilines is 2. The molecule has 1 fully saturated rings. The van der Waals surface area contributed by atoms with E-state index in [0.29, 0.717) is 17.0 Å². The zero-order valence-electron chi connectivity index (χ0n) is 16.5. The lowest BCUT2D eigenvalue weighted by atomic mass is 9.95. The highest BCUT2D eigenvalue weighted by Gasteiger charge is 2.50. The van der Waals surface area contributed by atoms with E-state index in [1.165, 1.54) is 25.3 Å². The number of benzene rings is 2. The average Bonchev–Trinajstić information content (AvgIpc) is 2.77. The van der Waals surface area contributed by atoms with Crippen molar-refractivity contribution in [2.24, 2.45) is 5.41 Å². The van der Waals surface area contributed by atoms with Gasteiger partial charge in [-0.2, -0.15) is 0 Å². The Morgan fingerprint density at radius 1 is 1.10 bits per heavy atom. The van der Waals surface area contributed by atoms with Gasteiger partial charge in [0.15, 0.2) is 0 Å². The fourth-order valence-electron chi connectivity index (χ4n) is 3.19. The average molecular weight is 439 g/mol. The number of nitrogens with one attached hydrogen (secondary N) is 1. The van der Waals surface area contributed by atoms with Crippen LogP contribution in [0.5, 0.6) is 5.75 Å². The van der Waals surface area contributed by atoms with Crippen LogP contribution in [-0.2, 0) is 24.8 Å². The molecule has 0 radical (unpaired) electrons. The summed E-state index contributed by atoms with van der Waals surface area (Å²) in [6.07, 6.45) is 0. The molecule has 1 N–H and O–H groups in total. The van der Waals surface area contributed by atoms with Gasteiger partial charge in [-0.3, -0.25) is 9.52 Å². The van der Waals surface area contributed by atoms with Crippen LogP contribution in [0, 0.1) is 12.3 Å². The Balaban J connectivity index is 1.94. The van der Waals surface area contributed by atoms with Crippen LogP contribution in [0.4, 0.5) is 11.4 Å². The summed E-state index contributed by atoms with van der Waals surface area (Å²) < 4.78 is 58.7. The first-order chi connectivity index (χ1) is 13.4. The maximum Gasteiger partial charge on any atom is 0.262 e. The predicted molar refractivity (Wildman–Crippen MR) is 110 cm³/mol. The van der Waals surface area contributed by atoms with Gasteiger partial charge in [-0.05, 0) is 68.8 Å². The maximum atomic E-state index is 12.8. The summed E-state index contributed by atoms with van der Waals surface area (Å²) in [5.74, 6) is -0.242. The van der Waals surface area contributed by atoms with Crippen molar-refractivity contribution in [2.45, 2.75) is 25.7 Å². The normalized spacial score (nSPS) is 17.9. The van der Waals surface area contributed by atoms with Crippen molar-refractivity contribution in [2.75, 3.05) is 21.9 Å². The molecular weight excluding hydrogens is 416 g/mol. The second kappa shape index (κ2) is 7.03. The van der Waals surface area contributed by atoms with Gasteiger partial charge in [0.2, 0.25) is 15.9 Å². The molecule has 0 bridgehead atoms. The molecule has 156 valence electrons. The summed E-state index contributed by atoms with van der Waals surface area (Å²) in [5.41, 5.74) is -0.237. The van der Waals surface area contributed by atoms with Crippen LogP contribution in [0.2, 0.25) is 0 Å². The Kier molecular flexibility index (Phi) is 5.12. The number of methoxy groups -OCH3 is 1. The van der Waals surface area contributed by atoms with Gasteiger partial charge in [0.25, 0.3) is 10.0 Å². The molecule has 3 rings (SSSR count). The van der Waals surface area contributed by atoms with E-state index in [4.69, 9.17) is 4.74 Å². The van der Waals surface area contributed by atoms with E-state index in [2.05, 4.69) is 4.72 Å². The van der Waals surface area contributed by atoms with E-state index >= 15 is 0 Å². The van der Waals surface area contributed by atoms with Crippen molar-refractivity contribution in [1.29, 1.82) is 0 Å². The number of sulfonamides is 2. The summed E-state index contributed by atoms with van der Waals surface area (Å²) in [6.45, 7) is 4.68. The molecule has 29 heavy (non-hydrogen) atoms. The van der Waals surface area contributed by atoms with E-state index < -0.39 is 31.4 Å². The van der Waals surface area contributed by atoms with Gasteiger partial charge in [0.1, 0.15) is 5.75 Å². The Hall–Kier alpha value is -2.59. The minimum Gasteiger partial charge on any atom is -0.497 e. The van der Waals surface area contributed by atoms with E-state index in [1.54, 1.807) is 45.0 Å². The number of nitrogens with zero attached hydrogens (tertiary/aromatic N) is 1. The monoisotopic (exact) mass is 438 g/mol. The molecule has 1 amide bonds. The van der Waals surface area contributed by atoms with Crippen LogP contribution in [0.15, 0.2) is 47.4 Å². The number of ether oxygens (including phenoxy) is 1. The summed E-state index contributed by atoms with van der Waals surface area (Å²) in [7, 11) is -6.21. The van der Waals surface area contributed by atoms with E-state index in [0.717, 1.165) is 4.31 Å². The van der Waals surface area contributed by atoms with Gasteiger partial charge < -0.3 is 4.74 Å². The van der Waals surface area contributed by atoms with Gasteiger partial charge in [-0.15, -0.1) is 0 Å². The molecule has 1 aliphatic rings. The third kappa shape index (κ3) is 3.95. The number of hydrogen-bond donors (Lipinski definition) is 1. The summed E-state index contributed by atoms with van der Waals surface area (Å²) in [6, 6.07) is 10.4. The largest absolute Gasteiger partial charge is 0.497 e. The highest BCUT2D eigenvalue weighted by Crippen LogP contribution is 2.36. The van der Waals surface area contributed by atoms with Gasteiger partial charge in [-0.1, -0.05) is 0 Å². The van der Waals surface area contributed by atoms with Crippen LogP contribution in [0.25, 0.3) is 0 Å². The SMILES string of the molecule is COc1ccc(NS(=O)(=O)c2ccc(N3C(=O)C(C)(C)CS3(=O)=O)cc2C)cc1. The molecule has 0 spiro atoms. The molecular formula is C19H22N2O6S2. The van der Waals surface area contributed by atoms with Crippen LogP contribution in [0.1, 0.15) is 19.4 Å². The van der Waals surface area contributed by atoms with Crippen LogP contribution >= 0.6 is 0 Å². The topological polar surface area (TPSA) is 110 Å². The molecule has 1 aliphatic heterocycles. The molecule has 0 aromatic heterocycles. The smallest absolute Gasteiger partial charge is 0.262 e. The Morgan fingerprint density at radius 2 is 1.72 bits per heavy atom. The third-order valence-electron chi connectivity index (χ3n) is 4.61. The number of aryl methyl sites for hydroxylation is 1. The lowest BCUT2D eigenvalue weighted by Gasteiger charge is -2.19. The summed E-state index contributed by atoms with van der Waals surface area (Å²) >= 11 is 0. The molecule has 8 nitrogen and oxygen atoms in total. The van der Waals surface area contributed by atoms with E-state index in [9.17, 15) is 21.6 Å². The van der Waals surface area contributed by atoms with Crippen molar-refractivity contribution < 1.29 is 26.4 Å². The molecule has 0 aliphatic carbocycles. The van der Waals surface area contributed by atoms with E-state index in [1.807, 2.05) is 0 Å². The van der Waals surface area contributed by atoms with Crippen molar-refractivity contribution in [1.82, 2.24) is 0 Å². The lowest BCUT2D eigenvalue weighted by molar-refractivity contribution is -0.123. The fraction of sp³-hybridized carbons (Fsp3) is 0.316. The second-order valence-electron chi connectivity index (χ2n) is 7.49. The fourth-order valence-corrected chi connectivity index (χ4v) is 6.58. The lowest BCUT2D eigenvalue weighted by Crippen LogP contribution is -2.33. The number of amides is 1. The highest BCUT2D eigenvalue weighted by molar-refractivity contribution is 7.94. The number of carbonyl (C=O) groups is 1. The highest BCUT2D eigenvalue weighted by atomic mass is 32.2. The Morgan fingerprint density at radius 3 is 2.21 bits per heavy atom. The van der Waals surface area contributed by atoms with Gasteiger partial charge in [-0.25, -0.2) is 21.1 Å². The van der Waals surface area contributed by atoms with Gasteiger partial charge in [0, 0.05) is 5.69 Å². The van der Waals surface area contributed by atoms with Gasteiger partial charge in [0.05, 0.1) is 28.9 Å². The van der Waals surface area contributed by atoms with Crippen molar-refractivity contribution in [3.8, 4) is 5.75 Å². The van der Waals surface area contributed by atoms with E-state index in [-0.39, 0.29) is 16.3 Å². The zero-order valence-corrected chi connectivity index (χ0v) is 18.1. The molecule has 1 saturated heterocycles. The molecule has 1 heterocycles. The molecule has 0 saturated carbocycles. The first-order valence-corrected chi connectivity index (χ1v) is 11.8. The summed E-state index contributed by atoms with van der Waals surface area (Å²) in [5, 5.41) is 0. The Labute approximate surface area is 170 Å².